The zero-order chi connectivity index (χ0) is 23.8. The number of hydrogen-bond acceptors (Lipinski definition) is 5. The highest BCUT2D eigenvalue weighted by molar-refractivity contribution is 7.90. The molecular weight excluding hydrogens is 456 g/mol. The first kappa shape index (κ1) is 23.2. The standard InChI is InChI=1S/C25H26N2O4S2/c1-15-7-10-22-18(11-15)14-23(32-22)25(29)26-19-8-9-21(16(2)12-19)27-24(28)17-5-4-6-20(13-17)33(3,30)31/h4-6,8-9,12-15H,7,10-11H2,1-3H3,(H,26,29)(H,27,28). The number of sulfone groups is 1. The molecule has 0 saturated heterocycles. The molecule has 33 heavy (non-hydrogen) atoms. The molecule has 2 amide bonds. The number of carbonyl (C=O) groups excluding carboxylic acids is 2. The highest BCUT2D eigenvalue weighted by Gasteiger charge is 2.21. The highest BCUT2D eigenvalue weighted by Crippen LogP contribution is 2.32. The molecule has 8 heteroatoms. The van der Waals surface area contributed by atoms with Crippen molar-refractivity contribution in [2.45, 2.75) is 38.0 Å². The van der Waals surface area contributed by atoms with Crippen LogP contribution in [0.4, 0.5) is 11.4 Å². The van der Waals surface area contributed by atoms with Crippen molar-refractivity contribution in [2.24, 2.45) is 5.92 Å². The number of rotatable bonds is 5. The van der Waals surface area contributed by atoms with E-state index in [9.17, 15) is 18.0 Å². The van der Waals surface area contributed by atoms with E-state index in [0.717, 1.165) is 29.5 Å². The van der Waals surface area contributed by atoms with Crippen LogP contribution >= 0.6 is 11.3 Å². The lowest BCUT2D eigenvalue weighted by Crippen LogP contribution is -2.14. The Hall–Kier alpha value is -2.97. The van der Waals surface area contributed by atoms with Gasteiger partial charge >= 0.3 is 0 Å². The van der Waals surface area contributed by atoms with Crippen LogP contribution in [-0.2, 0) is 22.7 Å². The van der Waals surface area contributed by atoms with E-state index in [1.807, 2.05) is 13.0 Å². The summed E-state index contributed by atoms with van der Waals surface area (Å²) in [4.78, 5) is 27.5. The molecule has 0 spiro atoms. The van der Waals surface area contributed by atoms with E-state index < -0.39 is 15.7 Å². The Balaban J connectivity index is 1.45. The average Bonchev–Trinajstić information content (AvgIpc) is 3.18. The number of hydrogen-bond donors (Lipinski definition) is 2. The predicted octanol–water partition coefficient (Wildman–Crippen LogP) is 5.09. The highest BCUT2D eigenvalue weighted by atomic mass is 32.2. The van der Waals surface area contributed by atoms with E-state index in [1.165, 1.54) is 29.0 Å². The summed E-state index contributed by atoms with van der Waals surface area (Å²) < 4.78 is 23.5. The Kier molecular flexibility index (Phi) is 6.41. The summed E-state index contributed by atoms with van der Waals surface area (Å²) in [5, 5.41) is 5.76. The lowest BCUT2D eigenvalue weighted by Gasteiger charge is -2.16. The summed E-state index contributed by atoms with van der Waals surface area (Å²) in [5.74, 6) is 0.122. The van der Waals surface area contributed by atoms with Gasteiger partial charge in [-0.05, 0) is 85.7 Å². The molecule has 1 aromatic heterocycles. The zero-order valence-corrected chi connectivity index (χ0v) is 20.4. The fraction of sp³-hybridized carbons (Fsp3) is 0.280. The van der Waals surface area contributed by atoms with E-state index in [2.05, 4.69) is 17.6 Å². The van der Waals surface area contributed by atoms with Crippen LogP contribution in [0.15, 0.2) is 53.4 Å². The predicted molar refractivity (Wildman–Crippen MR) is 132 cm³/mol. The summed E-state index contributed by atoms with van der Waals surface area (Å²) >= 11 is 1.57. The third kappa shape index (κ3) is 5.34. The lowest BCUT2D eigenvalue weighted by molar-refractivity contribution is 0.102. The van der Waals surface area contributed by atoms with Gasteiger partial charge in [0.25, 0.3) is 11.8 Å². The fourth-order valence-corrected chi connectivity index (χ4v) is 5.72. The van der Waals surface area contributed by atoms with Crippen LogP contribution in [0.2, 0.25) is 0 Å². The Morgan fingerprint density at radius 1 is 1.03 bits per heavy atom. The minimum atomic E-state index is -3.40. The smallest absolute Gasteiger partial charge is 0.265 e. The minimum absolute atomic E-state index is 0.0923. The van der Waals surface area contributed by atoms with Crippen molar-refractivity contribution in [3.05, 3.63) is 75.0 Å². The molecule has 1 atom stereocenters. The topological polar surface area (TPSA) is 92.3 Å². The van der Waals surface area contributed by atoms with Gasteiger partial charge in [-0.15, -0.1) is 11.3 Å². The van der Waals surface area contributed by atoms with Crippen LogP contribution in [0.1, 0.15) is 49.4 Å². The molecule has 0 radical (unpaired) electrons. The first-order valence-electron chi connectivity index (χ1n) is 10.7. The quantitative estimate of drug-likeness (QED) is 0.530. The maximum atomic E-state index is 12.8. The summed E-state index contributed by atoms with van der Waals surface area (Å²) in [5.41, 5.74) is 3.56. The number of fused-ring (bicyclic) bond motifs is 1. The number of aryl methyl sites for hydroxylation is 2. The van der Waals surface area contributed by atoms with E-state index >= 15 is 0 Å². The van der Waals surface area contributed by atoms with Gasteiger partial charge < -0.3 is 10.6 Å². The summed E-state index contributed by atoms with van der Waals surface area (Å²) in [7, 11) is -3.40. The molecule has 1 heterocycles. The van der Waals surface area contributed by atoms with E-state index in [0.29, 0.717) is 17.3 Å². The molecule has 2 N–H and O–H groups in total. The Morgan fingerprint density at radius 2 is 1.82 bits per heavy atom. The molecular formula is C25H26N2O4S2. The molecule has 172 valence electrons. The van der Waals surface area contributed by atoms with Crippen LogP contribution in [0.3, 0.4) is 0 Å². The molecule has 1 aliphatic rings. The summed E-state index contributed by atoms with van der Waals surface area (Å²) in [6.07, 6.45) is 4.33. The molecule has 1 aliphatic carbocycles. The maximum absolute atomic E-state index is 12.8. The lowest BCUT2D eigenvalue weighted by atomic mass is 9.90. The van der Waals surface area contributed by atoms with Crippen LogP contribution < -0.4 is 10.6 Å². The van der Waals surface area contributed by atoms with Gasteiger partial charge in [0.1, 0.15) is 0 Å². The third-order valence-electron chi connectivity index (χ3n) is 5.81. The molecule has 0 bridgehead atoms. The molecule has 4 rings (SSSR count). The molecule has 6 nitrogen and oxygen atoms in total. The second kappa shape index (κ2) is 9.11. The second-order valence-electron chi connectivity index (χ2n) is 8.64. The van der Waals surface area contributed by atoms with Gasteiger partial charge in [-0.3, -0.25) is 9.59 Å². The van der Waals surface area contributed by atoms with Gasteiger partial charge in [0.15, 0.2) is 9.84 Å². The average molecular weight is 483 g/mol. The number of amides is 2. The van der Waals surface area contributed by atoms with Crippen molar-refractivity contribution in [3.63, 3.8) is 0 Å². The Morgan fingerprint density at radius 3 is 2.55 bits per heavy atom. The van der Waals surface area contributed by atoms with Crippen molar-refractivity contribution >= 4 is 44.4 Å². The van der Waals surface area contributed by atoms with E-state index in [1.54, 1.807) is 41.7 Å². The number of thiophene rings is 1. The Labute approximate surface area is 198 Å². The number of nitrogens with one attached hydrogen (secondary N) is 2. The molecule has 0 fully saturated rings. The molecule has 1 unspecified atom stereocenters. The molecule has 2 aromatic carbocycles. The van der Waals surface area contributed by atoms with Crippen LogP contribution in [0.5, 0.6) is 0 Å². The minimum Gasteiger partial charge on any atom is -0.322 e. The number of benzene rings is 2. The van der Waals surface area contributed by atoms with E-state index in [4.69, 9.17) is 0 Å². The van der Waals surface area contributed by atoms with E-state index in [-0.39, 0.29) is 16.4 Å². The Bertz CT molecular complexity index is 1340. The van der Waals surface area contributed by atoms with Crippen molar-refractivity contribution in [2.75, 3.05) is 16.9 Å². The van der Waals surface area contributed by atoms with Gasteiger partial charge in [-0.1, -0.05) is 13.0 Å². The molecule has 0 saturated carbocycles. The van der Waals surface area contributed by atoms with Crippen molar-refractivity contribution in [1.82, 2.24) is 0 Å². The van der Waals surface area contributed by atoms with Crippen LogP contribution in [-0.4, -0.2) is 26.5 Å². The monoisotopic (exact) mass is 482 g/mol. The number of anilines is 2. The van der Waals surface area contributed by atoms with Crippen molar-refractivity contribution in [3.8, 4) is 0 Å². The maximum Gasteiger partial charge on any atom is 0.265 e. The molecule has 0 aliphatic heterocycles. The second-order valence-corrected chi connectivity index (χ2v) is 11.8. The normalized spacial score (nSPS) is 15.5. The zero-order valence-electron chi connectivity index (χ0n) is 18.8. The first-order valence-corrected chi connectivity index (χ1v) is 13.5. The fourth-order valence-electron chi connectivity index (χ4n) is 3.95. The van der Waals surface area contributed by atoms with Gasteiger partial charge in [-0.25, -0.2) is 8.42 Å². The van der Waals surface area contributed by atoms with Gasteiger partial charge in [0.05, 0.1) is 9.77 Å². The van der Waals surface area contributed by atoms with Crippen molar-refractivity contribution in [1.29, 1.82) is 0 Å². The third-order valence-corrected chi connectivity index (χ3v) is 8.16. The number of carbonyl (C=O) groups is 2. The largest absolute Gasteiger partial charge is 0.322 e. The summed E-state index contributed by atoms with van der Waals surface area (Å²) in [6.45, 7) is 4.08. The van der Waals surface area contributed by atoms with Gasteiger partial charge in [0, 0.05) is 28.1 Å². The van der Waals surface area contributed by atoms with Gasteiger partial charge in [-0.2, -0.15) is 0 Å². The first-order chi connectivity index (χ1) is 15.6. The van der Waals surface area contributed by atoms with Crippen molar-refractivity contribution < 1.29 is 18.0 Å². The van der Waals surface area contributed by atoms with Crippen LogP contribution in [0.25, 0.3) is 0 Å². The SMILES string of the molecule is Cc1cc(NC(=O)c2cc3c(s2)CCC(C)C3)ccc1NC(=O)c1cccc(S(C)(=O)=O)c1. The summed E-state index contributed by atoms with van der Waals surface area (Å²) in [6, 6.07) is 13.2. The molecule has 3 aromatic rings. The van der Waals surface area contributed by atoms with Gasteiger partial charge in [0.2, 0.25) is 0 Å². The van der Waals surface area contributed by atoms with Crippen LogP contribution in [0, 0.1) is 12.8 Å².